The van der Waals surface area contributed by atoms with Crippen LogP contribution in [0.15, 0.2) is 68.7 Å². The van der Waals surface area contributed by atoms with Crippen molar-refractivity contribution in [1.82, 2.24) is 4.90 Å². The highest BCUT2D eigenvalue weighted by Gasteiger charge is 2.18. The number of hydrogen-bond donors (Lipinski definition) is 1. The van der Waals surface area contributed by atoms with E-state index in [9.17, 15) is 17.6 Å². The highest BCUT2D eigenvalue weighted by molar-refractivity contribution is 9.10. The average Bonchev–Trinajstić information content (AvgIpc) is 3.24. The number of thiophene rings is 1. The van der Waals surface area contributed by atoms with Crippen molar-refractivity contribution in [2.75, 3.05) is 11.3 Å². The van der Waals surface area contributed by atoms with E-state index in [1.54, 1.807) is 35.7 Å². The molecule has 2 aromatic carbocycles. The number of amides is 1. The molecule has 0 aliphatic heterocycles. The number of sulfonamides is 1. The number of hydrogen-bond acceptors (Lipinski definition) is 4. The van der Waals surface area contributed by atoms with Crippen LogP contribution in [0.5, 0.6) is 0 Å². The van der Waals surface area contributed by atoms with Gasteiger partial charge in [0.1, 0.15) is 10.0 Å². The second-order valence-electron chi connectivity index (χ2n) is 6.17. The second kappa shape index (κ2) is 9.06. The van der Waals surface area contributed by atoms with Gasteiger partial charge in [-0.1, -0.05) is 22.0 Å². The van der Waals surface area contributed by atoms with E-state index in [1.807, 2.05) is 6.92 Å². The largest absolute Gasteiger partial charge is 0.334 e. The maximum atomic E-state index is 14.0. The zero-order chi connectivity index (χ0) is 21.0. The van der Waals surface area contributed by atoms with Gasteiger partial charge in [-0.3, -0.25) is 9.52 Å². The number of rotatable bonds is 7. The Balaban J connectivity index is 1.74. The third kappa shape index (κ3) is 5.23. The van der Waals surface area contributed by atoms with Crippen LogP contribution in [0.2, 0.25) is 0 Å². The molecular formula is C20H18BrFN2O3S2. The van der Waals surface area contributed by atoms with E-state index < -0.39 is 10.0 Å². The fraction of sp³-hybridized carbons (Fsp3) is 0.150. The van der Waals surface area contributed by atoms with Gasteiger partial charge >= 0.3 is 0 Å². The first-order valence-electron chi connectivity index (χ1n) is 8.69. The average molecular weight is 497 g/mol. The van der Waals surface area contributed by atoms with Crippen molar-refractivity contribution in [3.63, 3.8) is 0 Å². The minimum Gasteiger partial charge on any atom is -0.334 e. The van der Waals surface area contributed by atoms with Crippen LogP contribution in [-0.2, 0) is 16.6 Å². The predicted octanol–water partition coefficient (Wildman–Crippen LogP) is 5.11. The van der Waals surface area contributed by atoms with Crippen LogP contribution in [0.4, 0.5) is 10.1 Å². The van der Waals surface area contributed by atoms with E-state index >= 15 is 0 Å². The summed E-state index contributed by atoms with van der Waals surface area (Å²) in [6.45, 7) is 2.35. The van der Waals surface area contributed by atoms with Crippen molar-refractivity contribution < 1.29 is 17.6 Å². The van der Waals surface area contributed by atoms with Crippen LogP contribution < -0.4 is 4.72 Å². The zero-order valence-electron chi connectivity index (χ0n) is 15.4. The molecule has 3 aromatic rings. The third-order valence-corrected chi connectivity index (χ3v) is 7.45. The molecule has 29 heavy (non-hydrogen) atoms. The Hall–Kier alpha value is -2.23. The molecular weight excluding hydrogens is 479 g/mol. The van der Waals surface area contributed by atoms with Crippen LogP contribution in [0.1, 0.15) is 22.8 Å². The summed E-state index contributed by atoms with van der Waals surface area (Å²) in [5.74, 6) is -0.641. The van der Waals surface area contributed by atoms with Crippen molar-refractivity contribution in [3.8, 4) is 0 Å². The van der Waals surface area contributed by atoms with E-state index in [0.717, 1.165) is 15.8 Å². The van der Waals surface area contributed by atoms with Gasteiger partial charge in [0, 0.05) is 34.4 Å². The van der Waals surface area contributed by atoms with Crippen molar-refractivity contribution in [1.29, 1.82) is 0 Å². The van der Waals surface area contributed by atoms with Gasteiger partial charge in [-0.2, -0.15) is 0 Å². The molecule has 3 rings (SSSR count). The molecule has 0 saturated carbocycles. The van der Waals surface area contributed by atoms with Crippen molar-refractivity contribution in [2.45, 2.75) is 17.7 Å². The van der Waals surface area contributed by atoms with E-state index in [0.29, 0.717) is 23.4 Å². The molecule has 0 spiro atoms. The highest BCUT2D eigenvalue weighted by atomic mass is 79.9. The molecule has 0 aliphatic rings. The molecule has 1 heterocycles. The summed E-state index contributed by atoms with van der Waals surface area (Å²) in [7, 11) is -3.65. The molecule has 0 atom stereocenters. The molecule has 0 fully saturated rings. The molecule has 1 aromatic heterocycles. The lowest BCUT2D eigenvalue weighted by Crippen LogP contribution is -2.30. The number of carbonyl (C=O) groups excluding carboxylic acids is 1. The topological polar surface area (TPSA) is 66.5 Å². The lowest BCUT2D eigenvalue weighted by atomic mass is 10.1. The molecule has 152 valence electrons. The Kier molecular flexibility index (Phi) is 6.71. The molecule has 5 nitrogen and oxygen atoms in total. The van der Waals surface area contributed by atoms with Crippen LogP contribution >= 0.6 is 27.3 Å². The van der Waals surface area contributed by atoms with Crippen molar-refractivity contribution >= 4 is 48.9 Å². The summed E-state index contributed by atoms with van der Waals surface area (Å²) in [6.07, 6.45) is 0. The van der Waals surface area contributed by atoms with E-state index in [-0.39, 0.29) is 22.5 Å². The Morgan fingerprint density at radius 3 is 2.52 bits per heavy atom. The third-order valence-electron chi connectivity index (χ3n) is 4.18. The summed E-state index contributed by atoms with van der Waals surface area (Å²) in [6, 6.07) is 14.0. The normalized spacial score (nSPS) is 11.3. The summed E-state index contributed by atoms with van der Waals surface area (Å²) >= 11 is 4.43. The first-order valence-corrected chi connectivity index (χ1v) is 11.9. The van der Waals surface area contributed by atoms with E-state index in [4.69, 9.17) is 0 Å². The maximum Gasteiger partial charge on any atom is 0.271 e. The number of nitrogens with one attached hydrogen (secondary N) is 1. The molecule has 1 N–H and O–H groups in total. The molecule has 0 radical (unpaired) electrons. The minimum absolute atomic E-state index is 0.132. The standard InChI is InChI=1S/C20H18BrFN2O3S2/c1-2-24(13-15-12-16(21)7-10-18(15)22)20(25)14-5-8-17(9-6-14)23-29(26,27)19-4-3-11-28-19/h3-12,23H,2,13H2,1H3. The number of anilines is 1. The molecule has 0 saturated heterocycles. The SMILES string of the molecule is CCN(Cc1cc(Br)ccc1F)C(=O)c1ccc(NS(=O)(=O)c2cccs2)cc1. The van der Waals surface area contributed by atoms with Crippen LogP contribution in [0.3, 0.4) is 0 Å². The molecule has 0 aliphatic carbocycles. The number of nitrogens with zero attached hydrogens (tertiary/aromatic N) is 1. The Bertz CT molecular complexity index is 1100. The zero-order valence-corrected chi connectivity index (χ0v) is 18.7. The van der Waals surface area contributed by atoms with Gasteiger partial charge < -0.3 is 4.90 Å². The van der Waals surface area contributed by atoms with Crippen LogP contribution in [0, 0.1) is 5.82 Å². The van der Waals surface area contributed by atoms with Crippen molar-refractivity contribution in [3.05, 3.63) is 81.4 Å². The van der Waals surface area contributed by atoms with E-state index in [2.05, 4.69) is 20.7 Å². The summed E-state index contributed by atoms with van der Waals surface area (Å²) in [4.78, 5) is 14.3. The monoisotopic (exact) mass is 496 g/mol. The highest BCUT2D eigenvalue weighted by Crippen LogP contribution is 2.22. The smallest absolute Gasteiger partial charge is 0.271 e. The number of halogens is 2. The summed E-state index contributed by atoms with van der Waals surface area (Å²) in [5.41, 5.74) is 1.16. The fourth-order valence-electron chi connectivity index (χ4n) is 2.68. The van der Waals surface area contributed by atoms with Crippen LogP contribution in [0.25, 0.3) is 0 Å². The van der Waals surface area contributed by atoms with Gasteiger partial charge in [-0.25, -0.2) is 12.8 Å². The minimum atomic E-state index is -3.65. The lowest BCUT2D eigenvalue weighted by molar-refractivity contribution is 0.0751. The van der Waals surface area contributed by atoms with Gasteiger partial charge in [0.25, 0.3) is 15.9 Å². The number of carbonyl (C=O) groups is 1. The van der Waals surface area contributed by atoms with Gasteiger partial charge in [0.05, 0.1) is 0 Å². The van der Waals surface area contributed by atoms with Gasteiger partial charge in [0.15, 0.2) is 0 Å². The number of benzene rings is 2. The first-order chi connectivity index (χ1) is 13.8. The molecule has 0 bridgehead atoms. The quantitative estimate of drug-likeness (QED) is 0.493. The predicted molar refractivity (Wildman–Crippen MR) is 116 cm³/mol. The van der Waals surface area contributed by atoms with Gasteiger partial charge in [0.2, 0.25) is 0 Å². The van der Waals surface area contributed by atoms with Gasteiger partial charge in [-0.05, 0) is 60.8 Å². The Morgan fingerprint density at radius 1 is 1.17 bits per heavy atom. The van der Waals surface area contributed by atoms with Crippen LogP contribution in [-0.4, -0.2) is 25.8 Å². The Morgan fingerprint density at radius 2 is 1.90 bits per heavy atom. The molecule has 9 heteroatoms. The van der Waals surface area contributed by atoms with E-state index in [1.165, 1.54) is 29.2 Å². The first kappa shape index (κ1) is 21.5. The summed E-state index contributed by atoms with van der Waals surface area (Å²) < 4.78 is 42.0. The molecule has 0 unspecified atom stereocenters. The second-order valence-corrected chi connectivity index (χ2v) is 9.94. The Labute approximate surface area is 181 Å². The molecule has 1 amide bonds. The lowest BCUT2D eigenvalue weighted by Gasteiger charge is -2.21. The van der Waals surface area contributed by atoms with Crippen molar-refractivity contribution in [2.24, 2.45) is 0 Å². The van der Waals surface area contributed by atoms with Gasteiger partial charge in [-0.15, -0.1) is 11.3 Å². The summed E-state index contributed by atoms with van der Waals surface area (Å²) in [5, 5.41) is 1.68. The maximum absolute atomic E-state index is 14.0. The fourth-order valence-corrected chi connectivity index (χ4v) is 5.14.